The van der Waals surface area contributed by atoms with Crippen LogP contribution in [0, 0.1) is 0 Å². The molecule has 7 heteroatoms. The Morgan fingerprint density at radius 3 is 2.26 bits per heavy atom. The fourth-order valence-electron chi connectivity index (χ4n) is 2.58. The van der Waals surface area contributed by atoms with Crippen LogP contribution in [0.1, 0.15) is 29.3 Å². The second-order valence-electron chi connectivity index (χ2n) is 5.89. The van der Waals surface area contributed by atoms with Crippen molar-refractivity contribution in [1.82, 2.24) is 14.5 Å². The molecule has 1 aromatic carbocycles. The van der Waals surface area contributed by atoms with E-state index in [0.717, 1.165) is 31.6 Å². The molecule has 0 aliphatic carbocycles. The predicted molar refractivity (Wildman–Crippen MR) is 90.8 cm³/mol. The van der Waals surface area contributed by atoms with Crippen LogP contribution in [0.3, 0.4) is 0 Å². The molecule has 128 valence electrons. The zero-order valence-corrected chi connectivity index (χ0v) is 14.6. The number of nitrogens with zero attached hydrogens (tertiary/aromatic N) is 2. The maximum Gasteiger partial charge on any atom is 0.251 e. The number of rotatable bonds is 6. The Hall–Kier alpha value is -1.44. The van der Waals surface area contributed by atoms with Gasteiger partial charge in [0.05, 0.1) is 6.26 Å². The van der Waals surface area contributed by atoms with E-state index in [1.54, 1.807) is 0 Å². The van der Waals surface area contributed by atoms with Crippen LogP contribution in [-0.2, 0) is 16.6 Å². The lowest BCUT2D eigenvalue weighted by molar-refractivity contribution is 0.0953. The zero-order chi connectivity index (χ0) is 16.9. The van der Waals surface area contributed by atoms with Gasteiger partial charge in [-0.1, -0.05) is 19.1 Å². The van der Waals surface area contributed by atoms with E-state index >= 15 is 0 Å². The monoisotopic (exact) mass is 339 g/mol. The van der Waals surface area contributed by atoms with E-state index in [4.69, 9.17) is 0 Å². The quantitative estimate of drug-likeness (QED) is 0.836. The van der Waals surface area contributed by atoms with Gasteiger partial charge in [0.1, 0.15) is 0 Å². The van der Waals surface area contributed by atoms with Gasteiger partial charge in [-0.2, -0.15) is 4.31 Å². The molecule has 1 aliphatic heterocycles. The number of amides is 1. The number of carbonyl (C=O) groups excluding carboxylic acids is 1. The average molecular weight is 339 g/mol. The smallest absolute Gasteiger partial charge is 0.251 e. The summed E-state index contributed by atoms with van der Waals surface area (Å²) < 4.78 is 24.5. The molecular weight excluding hydrogens is 314 g/mol. The number of hydrogen-bond acceptors (Lipinski definition) is 4. The number of hydrogen-bond donors (Lipinski definition) is 1. The average Bonchev–Trinajstić information content (AvgIpc) is 2.53. The molecule has 1 aromatic rings. The summed E-state index contributed by atoms with van der Waals surface area (Å²) >= 11 is 0. The molecule has 23 heavy (non-hydrogen) atoms. The molecule has 1 saturated heterocycles. The molecule has 1 fully saturated rings. The summed E-state index contributed by atoms with van der Waals surface area (Å²) in [7, 11) is -3.08. The number of sulfonamides is 1. The van der Waals surface area contributed by atoms with E-state index in [9.17, 15) is 13.2 Å². The molecule has 1 amide bonds. The van der Waals surface area contributed by atoms with Crippen LogP contribution >= 0.6 is 0 Å². The van der Waals surface area contributed by atoms with Crippen molar-refractivity contribution in [2.24, 2.45) is 0 Å². The summed E-state index contributed by atoms with van der Waals surface area (Å²) in [6.45, 7) is 6.01. The summed E-state index contributed by atoms with van der Waals surface area (Å²) in [4.78, 5) is 14.1. The first-order valence-electron chi connectivity index (χ1n) is 7.94. The lowest BCUT2D eigenvalue weighted by atomic mass is 10.1. The largest absolute Gasteiger partial charge is 0.352 e. The molecule has 0 atom stereocenters. The molecule has 1 aliphatic rings. The Morgan fingerprint density at radius 2 is 1.74 bits per heavy atom. The zero-order valence-electron chi connectivity index (χ0n) is 13.8. The van der Waals surface area contributed by atoms with E-state index < -0.39 is 10.0 Å². The van der Waals surface area contributed by atoms with Crippen molar-refractivity contribution in [2.75, 3.05) is 39.0 Å². The summed E-state index contributed by atoms with van der Waals surface area (Å²) in [5.41, 5.74) is 1.80. The lowest BCUT2D eigenvalue weighted by Gasteiger charge is -2.33. The van der Waals surface area contributed by atoms with E-state index in [0.29, 0.717) is 25.2 Å². The maximum absolute atomic E-state index is 11.9. The summed E-state index contributed by atoms with van der Waals surface area (Å²) in [5, 5.41) is 2.86. The second-order valence-corrected chi connectivity index (χ2v) is 7.87. The minimum absolute atomic E-state index is 0.0415. The van der Waals surface area contributed by atoms with E-state index in [1.165, 1.54) is 10.6 Å². The van der Waals surface area contributed by atoms with Crippen molar-refractivity contribution in [3.05, 3.63) is 35.4 Å². The standard InChI is InChI=1S/C16H25N3O3S/c1-3-8-17-16(20)15-6-4-14(5-7-15)13-18-9-11-19(12-10-18)23(2,21)22/h4-7H,3,8-13H2,1-2H3,(H,17,20). The fraction of sp³-hybridized carbons (Fsp3) is 0.562. The third kappa shape index (κ3) is 5.30. The van der Waals surface area contributed by atoms with Crippen LogP contribution < -0.4 is 5.32 Å². The third-order valence-electron chi connectivity index (χ3n) is 3.96. The van der Waals surface area contributed by atoms with Crippen LogP contribution in [0.15, 0.2) is 24.3 Å². The molecule has 0 radical (unpaired) electrons. The third-order valence-corrected chi connectivity index (χ3v) is 5.26. The van der Waals surface area contributed by atoms with Crippen LogP contribution in [0.2, 0.25) is 0 Å². The number of piperazine rings is 1. The van der Waals surface area contributed by atoms with Gasteiger partial charge in [0.15, 0.2) is 0 Å². The van der Waals surface area contributed by atoms with Gasteiger partial charge in [-0.05, 0) is 24.1 Å². The highest BCUT2D eigenvalue weighted by Crippen LogP contribution is 2.11. The normalized spacial score (nSPS) is 17.1. The van der Waals surface area contributed by atoms with Crippen molar-refractivity contribution in [2.45, 2.75) is 19.9 Å². The van der Waals surface area contributed by atoms with E-state index in [1.807, 2.05) is 31.2 Å². The number of benzene rings is 1. The first kappa shape index (κ1) is 17.9. The molecule has 0 spiro atoms. The molecule has 0 saturated carbocycles. The second kappa shape index (κ2) is 7.90. The van der Waals surface area contributed by atoms with Gasteiger partial charge in [0, 0.05) is 44.8 Å². The topological polar surface area (TPSA) is 69.7 Å². The molecule has 6 nitrogen and oxygen atoms in total. The highest BCUT2D eigenvalue weighted by molar-refractivity contribution is 7.88. The maximum atomic E-state index is 11.9. The van der Waals surface area contributed by atoms with Crippen LogP contribution in [0.25, 0.3) is 0 Å². The Labute approximate surface area is 138 Å². The van der Waals surface area contributed by atoms with Gasteiger partial charge < -0.3 is 5.32 Å². The first-order chi connectivity index (χ1) is 10.9. The van der Waals surface area contributed by atoms with Crippen LogP contribution in [0.5, 0.6) is 0 Å². The van der Waals surface area contributed by atoms with Gasteiger partial charge in [0.25, 0.3) is 5.91 Å². The van der Waals surface area contributed by atoms with Gasteiger partial charge in [-0.15, -0.1) is 0 Å². The van der Waals surface area contributed by atoms with Gasteiger partial charge in [-0.3, -0.25) is 9.69 Å². The Morgan fingerprint density at radius 1 is 1.13 bits per heavy atom. The van der Waals surface area contributed by atoms with E-state index in [-0.39, 0.29) is 5.91 Å². The molecule has 0 bridgehead atoms. The van der Waals surface area contributed by atoms with E-state index in [2.05, 4.69) is 10.2 Å². The van der Waals surface area contributed by atoms with Crippen LogP contribution in [0.4, 0.5) is 0 Å². The Kier molecular flexibility index (Phi) is 6.15. The van der Waals surface area contributed by atoms with Crippen molar-refractivity contribution < 1.29 is 13.2 Å². The number of carbonyl (C=O) groups is 1. The minimum Gasteiger partial charge on any atom is -0.352 e. The highest BCUT2D eigenvalue weighted by atomic mass is 32.2. The lowest BCUT2D eigenvalue weighted by Crippen LogP contribution is -2.47. The Bertz CT molecular complexity index is 620. The van der Waals surface area contributed by atoms with Crippen molar-refractivity contribution in [1.29, 1.82) is 0 Å². The minimum atomic E-state index is -3.08. The molecular formula is C16H25N3O3S. The van der Waals surface area contributed by atoms with Gasteiger partial charge in [0.2, 0.25) is 10.0 Å². The summed E-state index contributed by atoms with van der Waals surface area (Å²) in [5.74, 6) is -0.0415. The number of nitrogens with one attached hydrogen (secondary N) is 1. The van der Waals surface area contributed by atoms with Crippen molar-refractivity contribution in [3.8, 4) is 0 Å². The fourth-order valence-corrected chi connectivity index (χ4v) is 3.41. The molecule has 1 heterocycles. The molecule has 0 unspecified atom stereocenters. The van der Waals surface area contributed by atoms with Gasteiger partial charge >= 0.3 is 0 Å². The Balaban J connectivity index is 1.86. The summed E-state index contributed by atoms with van der Waals surface area (Å²) in [6.07, 6.45) is 2.17. The van der Waals surface area contributed by atoms with Crippen LogP contribution in [-0.4, -0.2) is 62.5 Å². The van der Waals surface area contributed by atoms with Crippen molar-refractivity contribution >= 4 is 15.9 Å². The predicted octanol–water partition coefficient (Wildman–Crippen LogP) is 0.904. The molecule has 2 rings (SSSR count). The molecule has 0 aromatic heterocycles. The highest BCUT2D eigenvalue weighted by Gasteiger charge is 2.23. The SMILES string of the molecule is CCCNC(=O)c1ccc(CN2CCN(S(C)(=O)=O)CC2)cc1. The summed E-state index contributed by atoms with van der Waals surface area (Å²) in [6, 6.07) is 7.60. The molecule has 1 N–H and O–H groups in total. The van der Waals surface area contributed by atoms with Gasteiger partial charge in [-0.25, -0.2) is 8.42 Å². The first-order valence-corrected chi connectivity index (χ1v) is 9.79. The van der Waals surface area contributed by atoms with Crippen molar-refractivity contribution in [3.63, 3.8) is 0 Å².